The summed E-state index contributed by atoms with van der Waals surface area (Å²) in [5.74, 6) is -4.36. The number of hydrogen-bond acceptors (Lipinski definition) is 7. The molecule has 4 amide bonds. The molecule has 3 rings (SSSR count). The number of H-pyrrole nitrogens is 1. The van der Waals surface area contributed by atoms with Gasteiger partial charge in [0, 0.05) is 29.9 Å². The molecule has 206 valence electrons. The highest BCUT2D eigenvalue weighted by atomic mass is 16.4. The number of rotatable bonds is 13. The molecule has 3 aromatic rings. The lowest BCUT2D eigenvalue weighted by Gasteiger charge is -2.24. The van der Waals surface area contributed by atoms with Gasteiger partial charge in [0.2, 0.25) is 23.6 Å². The Morgan fingerprint density at radius 2 is 1.51 bits per heavy atom. The van der Waals surface area contributed by atoms with Crippen molar-refractivity contribution in [2.75, 3.05) is 6.54 Å². The van der Waals surface area contributed by atoms with Crippen LogP contribution in [0.5, 0.6) is 5.75 Å². The molecule has 3 unspecified atom stereocenters. The Morgan fingerprint density at radius 3 is 2.18 bits per heavy atom. The number of phenols is 1. The van der Waals surface area contributed by atoms with Crippen molar-refractivity contribution >= 4 is 40.5 Å². The number of primary amides is 1. The number of nitrogens with two attached hydrogens (primary N) is 2. The summed E-state index contributed by atoms with van der Waals surface area (Å²) in [6.45, 7) is -0.658. The normalized spacial score (nSPS) is 13.2. The van der Waals surface area contributed by atoms with Gasteiger partial charge >= 0.3 is 5.97 Å². The molecule has 0 spiro atoms. The summed E-state index contributed by atoms with van der Waals surface area (Å²) in [6.07, 6.45) is 1.22. The van der Waals surface area contributed by atoms with E-state index in [4.69, 9.17) is 16.6 Å². The minimum absolute atomic E-state index is 0.00108. The van der Waals surface area contributed by atoms with Crippen LogP contribution in [0.15, 0.2) is 54.7 Å². The molecule has 0 saturated carbocycles. The van der Waals surface area contributed by atoms with E-state index < -0.39 is 60.7 Å². The second-order valence-corrected chi connectivity index (χ2v) is 8.95. The molecule has 10 N–H and O–H groups in total. The Kier molecular flexibility index (Phi) is 9.59. The summed E-state index contributed by atoms with van der Waals surface area (Å²) < 4.78 is 0. The third kappa shape index (κ3) is 8.30. The molecule has 0 bridgehead atoms. The van der Waals surface area contributed by atoms with Crippen LogP contribution in [0.25, 0.3) is 10.9 Å². The number of nitrogens with one attached hydrogen (secondary N) is 4. The van der Waals surface area contributed by atoms with Crippen molar-refractivity contribution in [3.05, 3.63) is 65.9 Å². The van der Waals surface area contributed by atoms with Crippen LogP contribution in [-0.2, 0) is 36.8 Å². The van der Waals surface area contributed by atoms with Gasteiger partial charge in [-0.3, -0.25) is 24.0 Å². The lowest BCUT2D eigenvalue weighted by atomic mass is 10.0. The van der Waals surface area contributed by atoms with Gasteiger partial charge in [-0.1, -0.05) is 30.3 Å². The number of aromatic nitrogens is 1. The molecule has 13 heteroatoms. The summed E-state index contributed by atoms with van der Waals surface area (Å²) >= 11 is 0. The van der Waals surface area contributed by atoms with Crippen molar-refractivity contribution in [3.63, 3.8) is 0 Å². The minimum Gasteiger partial charge on any atom is -0.508 e. The number of aliphatic carboxylic acids is 1. The Morgan fingerprint density at radius 1 is 0.872 bits per heavy atom. The minimum atomic E-state index is -1.31. The van der Waals surface area contributed by atoms with Crippen LogP contribution in [0.3, 0.4) is 0 Å². The summed E-state index contributed by atoms with van der Waals surface area (Å²) in [5, 5.41) is 26.7. The number of carbonyl (C=O) groups is 5. The Bertz CT molecular complexity index is 1350. The van der Waals surface area contributed by atoms with E-state index in [9.17, 15) is 29.1 Å². The van der Waals surface area contributed by atoms with E-state index >= 15 is 0 Å². The van der Waals surface area contributed by atoms with Gasteiger partial charge in [0.25, 0.3) is 0 Å². The van der Waals surface area contributed by atoms with Crippen molar-refractivity contribution in [2.45, 2.75) is 37.4 Å². The fourth-order valence-corrected chi connectivity index (χ4v) is 3.95. The van der Waals surface area contributed by atoms with Gasteiger partial charge in [0.1, 0.15) is 24.4 Å². The number of aromatic amines is 1. The maximum Gasteiger partial charge on any atom is 0.322 e. The van der Waals surface area contributed by atoms with E-state index in [-0.39, 0.29) is 18.6 Å². The molecule has 1 aromatic heterocycles. The third-order valence-electron chi connectivity index (χ3n) is 5.91. The maximum atomic E-state index is 13.4. The van der Waals surface area contributed by atoms with Gasteiger partial charge in [-0.05, 0) is 29.3 Å². The zero-order valence-corrected chi connectivity index (χ0v) is 20.8. The number of benzene rings is 2. The van der Waals surface area contributed by atoms with Gasteiger partial charge in [-0.2, -0.15) is 0 Å². The number of carbonyl (C=O) groups excluding carboxylic acids is 4. The largest absolute Gasteiger partial charge is 0.508 e. The summed E-state index contributed by atoms with van der Waals surface area (Å²) in [6, 6.07) is 9.50. The fraction of sp³-hybridized carbons (Fsp3) is 0.269. The summed E-state index contributed by atoms with van der Waals surface area (Å²) in [5.41, 5.74) is 12.9. The molecule has 0 fully saturated rings. The second kappa shape index (κ2) is 13.1. The zero-order chi connectivity index (χ0) is 28.5. The average molecular weight is 539 g/mol. The number of hydrogen-bond donors (Lipinski definition) is 8. The maximum absolute atomic E-state index is 13.4. The predicted octanol–water partition coefficient (Wildman–Crippen LogP) is -0.968. The quantitative estimate of drug-likeness (QED) is 0.135. The van der Waals surface area contributed by atoms with Crippen LogP contribution in [0, 0.1) is 0 Å². The molecule has 0 radical (unpaired) electrons. The van der Waals surface area contributed by atoms with E-state index in [0.717, 1.165) is 10.9 Å². The number of aromatic hydroxyl groups is 1. The first-order valence-corrected chi connectivity index (χ1v) is 12.0. The number of fused-ring (bicyclic) bond motifs is 1. The van der Waals surface area contributed by atoms with Crippen LogP contribution in [0.1, 0.15) is 17.5 Å². The SMILES string of the molecule is NC(=O)CC(N)C(=O)NC(Cc1ccc(O)cc1)C(=O)NC(Cc1c[nH]c2ccccc12)C(=O)NCC(=O)O. The third-order valence-corrected chi connectivity index (χ3v) is 5.91. The average Bonchev–Trinajstić information content (AvgIpc) is 3.30. The second-order valence-electron chi connectivity index (χ2n) is 8.95. The van der Waals surface area contributed by atoms with Gasteiger partial charge in [-0.15, -0.1) is 0 Å². The van der Waals surface area contributed by atoms with Crippen molar-refractivity contribution in [3.8, 4) is 5.75 Å². The highest BCUT2D eigenvalue weighted by Crippen LogP contribution is 2.19. The molecule has 39 heavy (non-hydrogen) atoms. The lowest BCUT2D eigenvalue weighted by molar-refractivity contribution is -0.138. The highest BCUT2D eigenvalue weighted by Gasteiger charge is 2.29. The van der Waals surface area contributed by atoms with E-state index in [1.807, 2.05) is 24.3 Å². The van der Waals surface area contributed by atoms with Crippen LogP contribution in [0.2, 0.25) is 0 Å². The standard InChI is InChI=1S/C26H30N6O7/c27-18(11-22(28)34)24(37)31-20(9-14-5-7-16(33)8-6-14)26(39)32-21(25(38)30-13-23(35)36)10-15-12-29-19-4-2-1-3-17(15)19/h1-8,12,18,20-21,29,33H,9-11,13,27H2,(H2,28,34)(H,30,38)(H,31,37)(H,32,39)(H,35,36). The molecule has 0 aliphatic heterocycles. The zero-order valence-electron chi connectivity index (χ0n) is 20.8. The van der Waals surface area contributed by atoms with Crippen LogP contribution in [0.4, 0.5) is 0 Å². The molecule has 3 atom stereocenters. The number of carboxylic acids is 1. The Labute approximate surface area is 222 Å². The number of para-hydroxylation sites is 1. The molecular formula is C26H30N6O7. The topological polar surface area (TPSA) is 230 Å². The van der Waals surface area contributed by atoms with E-state index in [2.05, 4.69) is 20.9 Å². The van der Waals surface area contributed by atoms with Crippen LogP contribution in [-0.4, -0.2) is 69.5 Å². The van der Waals surface area contributed by atoms with Crippen LogP contribution >= 0.6 is 0 Å². The van der Waals surface area contributed by atoms with E-state index in [1.54, 1.807) is 18.3 Å². The number of phenolic OH excluding ortho intramolecular Hbond substituents is 1. The highest BCUT2D eigenvalue weighted by molar-refractivity contribution is 5.95. The molecule has 2 aromatic carbocycles. The monoisotopic (exact) mass is 538 g/mol. The summed E-state index contributed by atoms with van der Waals surface area (Å²) in [4.78, 5) is 64.3. The molecule has 0 aliphatic rings. The fourth-order valence-electron chi connectivity index (χ4n) is 3.95. The first-order valence-electron chi connectivity index (χ1n) is 12.0. The van der Waals surface area contributed by atoms with Gasteiger partial charge in [0.15, 0.2) is 0 Å². The Balaban J connectivity index is 1.85. The first kappa shape index (κ1) is 28.7. The first-order chi connectivity index (χ1) is 18.5. The van der Waals surface area contributed by atoms with Crippen molar-refractivity contribution in [1.82, 2.24) is 20.9 Å². The van der Waals surface area contributed by atoms with E-state index in [1.165, 1.54) is 12.1 Å². The van der Waals surface area contributed by atoms with Crippen LogP contribution < -0.4 is 27.4 Å². The molecular weight excluding hydrogens is 508 g/mol. The van der Waals surface area contributed by atoms with Gasteiger partial charge < -0.3 is 42.6 Å². The predicted molar refractivity (Wildman–Crippen MR) is 140 cm³/mol. The Hall–Kier alpha value is -4.91. The van der Waals surface area contributed by atoms with Crippen molar-refractivity contribution in [2.24, 2.45) is 11.5 Å². The molecule has 1 heterocycles. The van der Waals surface area contributed by atoms with Gasteiger partial charge in [-0.25, -0.2) is 0 Å². The molecule has 0 aliphatic carbocycles. The van der Waals surface area contributed by atoms with Crippen molar-refractivity contribution in [1.29, 1.82) is 0 Å². The number of amides is 4. The molecule has 0 saturated heterocycles. The smallest absolute Gasteiger partial charge is 0.322 e. The van der Waals surface area contributed by atoms with Crippen molar-refractivity contribution < 1.29 is 34.2 Å². The lowest BCUT2D eigenvalue weighted by Crippen LogP contribution is -2.57. The van der Waals surface area contributed by atoms with E-state index in [0.29, 0.717) is 11.1 Å². The summed E-state index contributed by atoms with van der Waals surface area (Å²) in [7, 11) is 0. The molecule has 13 nitrogen and oxygen atoms in total. The number of carboxylic acid groups (broad SMARTS) is 1. The van der Waals surface area contributed by atoms with Gasteiger partial charge in [0.05, 0.1) is 12.5 Å².